The lowest BCUT2D eigenvalue weighted by atomic mass is 9.99. The maximum absolute atomic E-state index is 5.51. The molecule has 0 unspecified atom stereocenters. The fraction of sp³-hybridized carbons (Fsp3) is 0.571. The number of hydrogen-bond acceptors (Lipinski definition) is 4. The summed E-state index contributed by atoms with van der Waals surface area (Å²) >= 11 is 0. The highest BCUT2D eigenvalue weighted by Crippen LogP contribution is 2.22. The summed E-state index contributed by atoms with van der Waals surface area (Å²) in [5, 5.41) is 4.38. The molecule has 2 fully saturated rings. The highest BCUT2D eigenvalue weighted by atomic mass is 16.5. The lowest BCUT2D eigenvalue weighted by Crippen LogP contribution is -2.49. The van der Waals surface area contributed by atoms with E-state index in [4.69, 9.17) is 4.74 Å². The van der Waals surface area contributed by atoms with E-state index < -0.39 is 0 Å². The van der Waals surface area contributed by atoms with Gasteiger partial charge in [0.05, 0.1) is 19.8 Å². The van der Waals surface area contributed by atoms with Crippen LogP contribution in [0.3, 0.4) is 0 Å². The van der Waals surface area contributed by atoms with E-state index in [-0.39, 0.29) is 0 Å². The van der Waals surface area contributed by atoms with Gasteiger partial charge in [-0.15, -0.1) is 0 Å². The van der Waals surface area contributed by atoms with Crippen molar-refractivity contribution in [2.75, 3.05) is 39.4 Å². The Kier molecular flexibility index (Phi) is 5.99. The Hall–Kier alpha value is -1.69. The first-order chi connectivity index (χ1) is 12.9. The molecule has 1 atom stereocenters. The van der Waals surface area contributed by atoms with Crippen LogP contribution in [0.2, 0.25) is 0 Å². The number of rotatable bonds is 6. The van der Waals surface area contributed by atoms with Crippen molar-refractivity contribution in [3.8, 4) is 0 Å². The molecular weight excluding hydrogens is 324 g/mol. The molecule has 0 spiro atoms. The molecule has 0 saturated carbocycles. The summed E-state index contributed by atoms with van der Waals surface area (Å²) in [6, 6.07) is 11.5. The zero-order valence-corrected chi connectivity index (χ0v) is 15.6. The van der Waals surface area contributed by atoms with Crippen LogP contribution in [-0.4, -0.2) is 65.0 Å². The summed E-state index contributed by atoms with van der Waals surface area (Å²) < 4.78 is 7.53. The molecule has 5 nitrogen and oxygen atoms in total. The number of benzene rings is 1. The van der Waals surface area contributed by atoms with Gasteiger partial charge in [0.2, 0.25) is 0 Å². The molecule has 2 saturated heterocycles. The van der Waals surface area contributed by atoms with Crippen LogP contribution in [0.1, 0.15) is 30.4 Å². The molecule has 0 N–H and O–H groups in total. The van der Waals surface area contributed by atoms with Crippen molar-refractivity contribution in [1.82, 2.24) is 19.6 Å². The normalized spacial score (nSPS) is 22.5. The molecule has 26 heavy (non-hydrogen) atoms. The van der Waals surface area contributed by atoms with Crippen molar-refractivity contribution in [1.29, 1.82) is 0 Å². The Bertz CT molecular complexity index is 666. The summed E-state index contributed by atoms with van der Waals surface area (Å²) in [5.41, 5.74) is 2.82. The standard InChI is InChI=1S/C21H30N4O/c1-2-7-20(17-25-11-5-9-22-25)19(6-1)16-24-10-4-3-8-21(24)18-23-12-14-26-15-13-23/h1-2,5-7,9,11,21H,3-4,8,10,12-18H2/t21-/m0/s1. The average molecular weight is 354 g/mol. The van der Waals surface area contributed by atoms with Gasteiger partial charge in [0.15, 0.2) is 0 Å². The first kappa shape index (κ1) is 17.7. The van der Waals surface area contributed by atoms with E-state index in [1.165, 1.54) is 43.5 Å². The van der Waals surface area contributed by atoms with Crippen molar-refractivity contribution in [2.45, 2.75) is 38.4 Å². The average Bonchev–Trinajstić information content (AvgIpc) is 3.19. The van der Waals surface area contributed by atoms with E-state index in [2.05, 4.69) is 39.2 Å². The first-order valence-corrected chi connectivity index (χ1v) is 9.97. The summed E-state index contributed by atoms with van der Waals surface area (Å²) in [4.78, 5) is 5.29. The Morgan fingerprint density at radius 1 is 0.962 bits per heavy atom. The quantitative estimate of drug-likeness (QED) is 0.798. The molecule has 4 rings (SSSR count). The molecule has 2 aliphatic heterocycles. The summed E-state index contributed by atoms with van der Waals surface area (Å²) in [6.45, 7) is 8.24. The number of ether oxygens (including phenoxy) is 1. The first-order valence-electron chi connectivity index (χ1n) is 9.97. The number of likely N-dealkylation sites (tertiary alicyclic amines) is 1. The molecule has 0 amide bonds. The van der Waals surface area contributed by atoms with E-state index in [0.717, 1.165) is 39.4 Å². The number of piperidine rings is 1. The highest BCUT2D eigenvalue weighted by Gasteiger charge is 2.25. The molecule has 1 aromatic carbocycles. The minimum absolute atomic E-state index is 0.666. The van der Waals surface area contributed by atoms with Crippen molar-refractivity contribution in [3.05, 3.63) is 53.9 Å². The van der Waals surface area contributed by atoms with Crippen LogP contribution in [0, 0.1) is 0 Å². The second-order valence-electron chi connectivity index (χ2n) is 7.51. The monoisotopic (exact) mass is 354 g/mol. The second kappa shape index (κ2) is 8.80. The van der Waals surface area contributed by atoms with Gasteiger partial charge in [-0.05, 0) is 36.6 Å². The molecule has 0 aliphatic carbocycles. The Morgan fingerprint density at radius 3 is 2.54 bits per heavy atom. The molecule has 2 aliphatic rings. The number of morpholine rings is 1. The molecule has 0 bridgehead atoms. The number of nitrogens with zero attached hydrogens (tertiary/aromatic N) is 4. The van der Waals surface area contributed by atoms with E-state index in [1.54, 1.807) is 0 Å². The maximum Gasteiger partial charge on any atom is 0.0662 e. The smallest absolute Gasteiger partial charge is 0.0662 e. The van der Waals surface area contributed by atoms with Crippen LogP contribution >= 0.6 is 0 Å². The predicted octanol–water partition coefficient (Wildman–Crippen LogP) is 2.62. The van der Waals surface area contributed by atoms with Crippen molar-refractivity contribution in [3.63, 3.8) is 0 Å². The fourth-order valence-corrected chi connectivity index (χ4v) is 4.21. The van der Waals surface area contributed by atoms with Gasteiger partial charge in [-0.25, -0.2) is 0 Å². The fourth-order valence-electron chi connectivity index (χ4n) is 4.21. The topological polar surface area (TPSA) is 33.5 Å². The zero-order valence-electron chi connectivity index (χ0n) is 15.6. The summed E-state index contributed by atoms with van der Waals surface area (Å²) in [6.07, 6.45) is 7.89. The largest absolute Gasteiger partial charge is 0.379 e. The van der Waals surface area contributed by atoms with E-state index in [1.807, 2.05) is 23.1 Å². The molecule has 1 aromatic heterocycles. The predicted molar refractivity (Wildman–Crippen MR) is 103 cm³/mol. The molecular formula is C21H30N4O. The molecule has 0 radical (unpaired) electrons. The Morgan fingerprint density at radius 2 is 1.77 bits per heavy atom. The van der Waals surface area contributed by atoms with Gasteiger partial charge in [0.1, 0.15) is 0 Å². The van der Waals surface area contributed by atoms with Crippen LogP contribution in [-0.2, 0) is 17.8 Å². The molecule has 2 aromatic rings. The SMILES string of the molecule is c1ccc(Cn2cccn2)c(CN2CCCC[C@H]2CN2CCOCC2)c1. The summed E-state index contributed by atoms with van der Waals surface area (Å²) in [5.74, 6) is 0. The van der Waals surface area contributed by atoms with Gasteiger partial charge in [0.25, 0.3) is 0 Å². The van der Waals surface area contributed by atoms with Crippen LogP contribution in [0.25, 0.3) is 0 Å². The van der Waals surface area contributed by atoms with Gasteiger partial charge in [-0.2, -0.15) is 5.10 Å². The van der Waals surface area contributed by atoms with Crippen molar-refractivity contribution in [2.24, 2.45) is 0 Å². The van der Waals surface area contributed by atoms with Crippen LogP contribution in [0.4, 0.5) is 0 Å². The summed E-state index contributed by atoms with van der Waals surface area (Å²) in [7, 11) is 0. The molecule has 140 valence electrons. The molecule has 5 heteroatoms. The van der Waals surface area contributed by atoms with Crippen molar-refractivity contribution < 1.29 is 4.74 Å². The third-order valence-corrected chi connectivity index (χ3v) is 5.71. The number of aromatic nitrogens is 2. The van der Waals surface area contributed by atoms with Crippen molar-refractivity contribution >= 4 is 0 Å². The maximum atomic E-state index is 5.51. The van der Waals surface area contributed by atoms with Crippen LogP contribution in [0.15, 0.2) is 42.7 Å². The van der Waals surface area contributed by atoms with E-state index >= 15 is 0 Å². The van der Waals surface area contributed by atoms with Crippen LogP contribution in [0.5, 0.6) is 0 Å². The number of hydrogen-bond donors (Lipinski definition) is 0. The van der Waals surface area contributed by atoms with Crippen LogP contribution < -0.4 is 0 Å². The van der Waals surface area contributed by atoms with Gasteiger partial charge in [-0.3, -0.25) is 14.5 Å². The third-order valence-electron chi connectivity index (χ3n) is 5.71. The van der Waals surface area contributed by atoms with Gasteiger partial charge < -0.3 is 4.74 Å². The second-order valence-corrected chi connectivity index (χ2v) is 7.51. The zero-order chi connectivity index (χ0) is 17.6. The minimum atomic E-state index is 0.666. The Labute approximate surface area is 156 Å². The lowest BCUT2D eigenvalue weighted by molar-refractivity contribution is 0.0152. The van der Waals surface area contributed by atoms with Gasteiger partial charge in [-0.1, -0.05) is 30.7 Å². The third kappa shape index (κ3) is 4.53. The highest BCUT2D eigenvalue weighted by molar-refractivity contribution is 5.27. The molecule has 3 heterocycles. The minimum Gasteiger partial charge on any atom is -0.379 e. The lowest BCUT2D eigenvalue weighted by Gasteiger charge is -2.40. The Balaban J connectivity index is 1.44. The van der Waals surface area contributed by atoms with Gasteiger partial charge >= 0.3 is 0 Å². The van der Waals surface area contributed by atoms with E-state index in [9.17, 15) is 0 Å². The van der Waals surface area contributed by atoms with E-state index in [0.29, 0.717) is 6.04 Å². The van der Waals surface area contributed by atoms with Gasteiger partial charge in [0, 0.05) is 44.6 Å².